The predicted molar refractivity (Wildman–Crippen MR) is 193 cm³/mol. The molecule has 0 atom stereocenters. The van der Waals surface area contributed by atoms with Gasteiger partial charge in [0.1, 0.15) is 11.5 Å². The first-order valence-corrected chi connectivity index (χ1v) is 19.3. The number of rotatable bonds is 19. The fraction of sp³-hybridized carbons (Fsp3) is 0.278. The number of nitrogens with one attached hydrogen (secondary N) is 4. The van der Waals surface area contributed by atoms with E-state index in [0.717, 1.165) is 12.8 Å². The van der Waals surface area contributed by atoms with Gasteiger partial charge in [0.05, 0.1) is 45.5 Å². The van der Waals surface area contributed by atoms with Crippen molar-refractivity contribution in [2.45, 2.75) is 49.3 Å². The fourth-order valence-electron chi connectivity index (χ4n) is 4.91. The third-order valence-corrected chi connectivity index (χ3v) is 10.2. The normalized spacial score (nSPS) is 11.3. The number of anilines is 2. The molecule has 2 amide bonds. The Morgan fingerprint density at radius 2 is 0.880 bits per heavy atom. The van der Waals surface area contributed by atoms with Gasteiger partial charge in [0.2, 0.25) is 0 Å². The quantitative estimate of drug-likeness (QED) is 0.0880. The van der Waals surface area contributed by atoms with Gasteiger partial charge in [0, 0.05) is 13.1 Å². The Hall–Kier alpha value is -5.08. The van der Waals surface area contributed by atoms with E-state index in [2.05, 4.69) is 20.1 Å². The summed E-state index contributed by atoms with van der Waals surface area (Å²) in [5, 5.41) is 5.68. The standard InChI is InChI=1S/C36H42N4O8S2/c1-3-47-27-17-21-29(22-18-27)49(43,44)39-33-15-9-7-13-31(33)35(41)37-25-11-5-6-12-26-38-36(42)32-14-8-10-16-34(32)40-50(45,46)30-23-19-28(20-24-30)48-4-2/h7-10,13-24,39-40H,3-6,11-12,25-26H2,1-2H3,(H,37,41)(H,38,42). The van der Waals surface area contributed by atoms with Crippen LogP contribution < -0.4 is 29.6 Å². The maximum atomic E-state index is 13.0. The lowest BCUT2D eigenvalue weighted by Crippen LogP contribution is -2.27. The van der Waals surface area contributed by atoms with Gasteiger partial charge in [-0.2, -0.15) is 0 Å². The molecule has 0 spiro atoms. The van der Waals surface area contributed by atoms with Crippen LogP contribution in [0.25, 0.3) is 0 Å². The summed E-state index contributed by atoms with van der Waals surface area (Å²) in [7, 11) is -7.88. The average molecular weight is 723 g/mol. The van der Waals surface area contributed by atoms with E-state index >= 15 is 0 Å². The first-order chi connectivity index (χ1) is 24.0. The Bertz CT molecular complexity index is 1810. The van der Waals surface area contributed by atoms with E-state index in [0.29, 0.717) is 50.6 Å². The molecule has 0 fully saturated rings. The SMILES string of the molecule is CCOc1ccc(S(=O)(=O)Nc2ccccc2C(=O)NCCCCCCNC(=O)c2ccccc2NS(=O)(=O)c2ccc(OCC)cc2)cc1. The number of benzene rings is 4. The second-order valence-electron chi connectivity index (χ2n) is 11.0. The molecule has 0 bridgehead atoms. The Kier molecular flexibility index (Phi) is 13.6. The largest absolute Gasteiger partial charge is 0.494 e. The van der Waals surface area contributed by atoms with E-state index in [1.165, 1.54) is 36.4 Å². The number of sulfonamides is 2. The summed E-state index contributed by atoms with van der Waals surface area (Å²) < 4.78 is 67.6. The number of para-hydroxylation sites is 2. The van der Waals surface area contributed by atoms with Crippen molar-refractivity contribution in [3.8, 4) is 11.5 Å². The van der Waals surface area contributed by atoms with E-state index in [-0.39, 0.29) is 32.3 Å². The van der Waals surface area contributed by atoms with Crippen LogP contribution in [0.1, 0.15) is 60.2 Å². The summed E-state index contributed by atoms with van der Waals surface area (Å²) in [6, 6.07) is 24.8. The molecule has 14 heteroatoms. The van der Waals surface area contributed by atoms with Crippen LogP contribution in [0, 0.1) is 0 Å². The van der Waals surface area contributed by atoms with Gasteiger partial charge in [-0.1, -0.05) is 37.1 Å². The van der Waals surface area contributed by atoms with Crippen LogP contribution in [0.4, 0.5) is 11.4 Å². The molecule has 0 aliphatic rings. The minimum Gasteiger partial charge on any atom is -0.494 e. The number of amides is 2. The molecular weight excluding hydrogens is 681 g/mol. The Morgan fingerprint density at radius 1 is 0.520 bits per heavy atom. The van der Waals surface area contributed by atoms with Crippen molar-refractivity contribution in [1.29, 1.82) is 0 Å². The van der Waals surface area contributed by atoms with Crippen LogP contribution in [-0.4, -0.2) is 55.0 Å². The van der Waals surface area contributed by atoms with Crippen molar-refractivity contribution in [3.63, 3.8) is 0 Å². The van der Waals surface area contributed by atoms with E-state index in [1.54, 1.807) is 60.7 Å². The lowest BCUT2D eigenvalue weighted by atomic mass is 10.1. The van der Waals surface area contributed by atoms with Crippen LogP contribution in [-0.2, 0) is 20.0 Å². The van der Waals surface area contributed by atoms with Crippen molar-refractivity contribution in [1.82, 2.24) is 10.6 Å². The minimum absolute atomic E-state index is 0.0428. The van der Waals surface area contributed by atoms with E-state index in [4.69, 9.17) is 9.47 Å². The van der Waals surface area contributed by atoms with Gasteiger partial charge in [-0.05, 0) is 99.5 Å². The van der Waals surface area contributed by atoms with E-state index in [9.17, 15) is 26.4 Å². The topological polar surface area (TPSA) is 169 Å². The summed E-state index contributed by atoms with van der Waals surface area (Å²) >= 11 is 0. The fourth-order valence-corrected chi connectivity index (χ4v) is 7.07. The highest BCUT2D eigenvalue weighted by Gasteiger charge is 2.20. The number of ether oxygens (including phenoxy) is 2. The third-order valence-electron chi connectivity index (χ3n) is 7.40. The molecule has 0 aliphatic heterocycles. The first-order valence-electron chi connectivity index (χ1n) is 16.3. The third kappa shape index (κ3) is 10.7. The summed E-state index contributed by atoms with van der Waals surface area (Å²) in [4.78, 5) is 25.9. The summed E-state index contributed by atoms with van der Waals surface area (Å²) in [5.41, 5.74) is 0.735. The van der Waals surface area contributed by atoms with E-state index in [1.807, 2.05) is 13.8 Å². The maximum Gasteiger partial charge on any atom is 0.261 e. The maximum absolute atomic E-state index is 13.0. The van der Waals surface area contributed by atoms with Crippen molar-refractivity contribution >= 4 is 43.2 Å². The summed E-state index contributed by atoms with van der Waals surface area (Å²) in [6.07, 6.45) is 2.91. The molecule has 4 N–H and O–H groups in total. The van der Waals surface area contributed by atoms with Crippen LogP contribution in [0.15, 0.2) is 107 Å². The summed E-state index contributed by atoms with van der Waals surface area (Å²) in [6.45, 7) is 5.36. The molecule has 0 saturated carbocycles. The van der Waals surface area contributed by atoms with Gasteiger partial charge in [-0.25, -0.2) is 16.8 Å². The van der Waals surface area contributed by atoms with Gasteiger partial charge in [-0.3, -0.25) is 19.0 Å². The summed E-state index contributed by atoms with van der Waals surface area (Å²) in [5.74, 6) is 0.307. The molecule has 50 heavy (non-hydrogen) atoms. The second kappa shape index (κ2) is 18.1. The van der Waals surface area contributed by atoms with Crippen molar-refractivity contribution in [2.75, 3.05) is 35.7 Å². The van der Waals surface area contributed by atoms with Crippen LogP contribution in [0.5, 0.6) is 11.5 Å². The number of carbonyl (C=O) groups excluding carboxylic acids is 2. The zero-order chi connectivity index (χ0) is 36.0. The highest BCUT2D eigenvalue weighted by molar-refractivity contribution is 7.93. The Labute approximate surface area is 293 Å². The molecular formula is C36H42N4O8S2. The lowest BCUT2D eigenvalue weighted by Gasteiger charge is -2.13. The molecule has 0 unspecified atom stereocenters. The van der Waals surface area contributed by atoms with Crippen molar-refractivity contribution in [2.24, 2.45) is 0 Å². The first kappa shape index (κ1) is 37.7. The molecule has 4 aromatic rings. The number of unbranched alkanes of at least 4 members (excludes halogenated alkanes) is 3. The molecule has 266 valence electrons. The second-order valence-corrected chi connectivity index (χ2v) is 14.4. The van der Waals surface area contributed by atoms with E-state index < -0.39 is 31.9 Å². The molecule has 12 nitrogen and oxygen atoms in total. The van der Waals surface area contributed by atoms with Crippen LogP contribution in [0.3, 0.4) is 0 Å². The number of hydrogen-bond acceptors (Lipinski definition) is 8. The van der Waals surface area contributed by atoms with Gasteiger partial charge < -0.3 is 20.1 Å². The Morgan fingerprint density at radius 3 is 1.24 bits per heavy atom. The molecule has 0 aromatic heterocycles. The van der Waals surface area contributed by atoms with Crippen molar-refractivity contribution in [3.05, 3.63) is 108 Å². The average Bonchev–Trinajstić information content (AvgIpc) is 3.10. The van der Waals surface area contributed by atoms with Crippen LogP contribution >= 0.6 is 0 Å². The van der Waals surface area contributed by atoms with Gasteiger partial charge in [0.25, 0.3) is 31.9 Å². The smallest absolute Gasteiger partial charge is 0.261 e. The molecule has 0 radical (unpaired) electrons. The molecule has 0 saturated heterocycles. The van der Waals surface area contributed by atoms with Crippen molar-refractivity contribution < 1.29 is 35.9 Å². The zero-order valence-electron chi connectivity index (χ0n) is 28.0. The predicted octanol–water partition coefficient (Wildman–Crippen LogP) is 5.81. The van der Waals surface area contributed by atoms with Crippen LogP contribution in [0.2, 0.25) is 0 Å². The Balaban J connectivity index is 1.20. The van der Waals surface area contributed by atoms with Gasteiger partial charge in [0.15, 0.2) is 0 Å². The highest BCUT2D eigenvalue weighted by atomic mass is 32.2. The van der Waals surface area contributed by atoms with Gasteiger partial charge in [-0.15, -0.1) is 0 Å². The number of hydrogen-bond donors (Lipinski definition) is 4. The molecule has 4 rings (SSSR count). The minimum atomic E-state index is -3.94. The number of carbonyl (C=O) groups is 2. The molecule has 0 heterocycles. The lowest BCUT2D eigenvalue weighted by molar-refractivity contribution is 0.0944. The molecule has 4 aromatic carbocycles. The molecule has 0 aliphatic carbocycles. The monoisotopic (exact) mass is 722 g/mol. The zero-order valence-corrected chi connectivity index (χ0v) is 29.6. The highest BCUT2D eigenvalue weighted by Crippen LogP contribution is 2.24. The van der Waals surface area contributed by atoms with Gasteiger partial charge >= 0.3 is 0 Å².